The van der Waals surface area contributed by atoms with Crippen LogP contribution in [0.1, 0.15) is 29.4 Å². The summed E-state index contributed by atoms with van der Waals surface area (Å²) >= 11 is 0. The summed E-state index contributed by atoms with van der Waals surface area (Å²) in [6.45, 7) is 2.22. The van der Waals surface area contributed by atoms with Crippen molar-refractivity contribution in [1.82, 2.24) is 9.88 Å². The number of hydrogen-bond donors (Lipinski definition) is 1. The van der Waals surface area contributed by atoms with E-state index < -0.39 is 11.0 Å². The number of nitrogens with one attached hydrogen (secondary N) is 1. The second-order valence-corrected chi connectivity index (χ2v) is 8.90. The second-order valence-electron chi connectivity index (χ2n) is 8.90. The predicted molar refractivity (Wildman–Crippen MR) is 103 cm³/mol. The quantitative estimate of drug-likeness (QED) is 0.586. The summed E-state index contributed by atoms with van der Waals surface area (Å²) in [5.41, 5.74) is 1.00. The molecule has 0 radical (unpaired) electrons. The number of benzene rings is 1. The van der Waals surface area contributed by atoms with Crippen molar-refractivity contribution in [3.63, 3.8) is 0 Å². The summed E-state index contributed by atoms with van der Waals surface area (Å²) < 4.78 is 17.7. The lowest BCUT2D eigenvalue weighted by atomic mass is 9.55. The molecule has 4 heterocycles. The standard InChI is InChI=1S/C22H24N2O5/c1-11-22-16-9-15(25)18-13(12-6-4-5-7-14(12)23-18)8-17(24(2)19(22)29-22)21(16,10-28-11)20(26)27-3/h4-7,11,16-17,19,23H,8-10H2,1-3H3. The number of H-pyrrole nitrogens is 1. The SMILES string of the molecule is COC(=O)C12COC(C)C34OC3N(C)C1Cc1c([nH]c3ccccc13)C(=O)CC24. The maximum Gasteiger partial charge on any atom is 0.316 e. The Labute approximate surface area is 168 Å². The van der Waals surface area contributed by atoms with Gasteiger partial charge in [0.05, 0.1) is 25.5 Å². The molecule has 4 aliphatic rings. The van der Waals surface area contributed by atoms with E-state index >= 15 is 0 Å². The van der Waals surface area contributed by atoms with Crippen molar-refractivity contribution in [1.29, 1.82) is 0 Å². The lowest BCUT2D eigenvalue weighted by Crippen LogP contribution is -2.72. The zero-order valence-electron chi connectivity index (χ0n) is 16.7. The first-order valence-electron chi connectivity index (χ1n) is 10.2. The van der Waals surface area contributed by atoms with Gasteiger partial charge in [0.1, 0.15) is 17.2 Å². The fourth-order valence-electron chi connectivity index (χ4n) is 6.47. The number of methoxy groups -OCH3 is 1. The molecule has 0 saturated carbocycles. The Morgan fingerprint density at radius 3 is 2.90 bits per heavy atom. The van der Waals surface area contributed by atoms with Crippen LogP contribution in [0, 0.1) is 11.3 Å². The van der Waals surface area contributed by atoms with Crippen LogP contribution in [-0.4, -0.2) is 66.4 Å². The van der Waals surface area contributed by atoms with E-state index in [4.69, 9.17) is 14.2 Å². The van der Waals surface area contributed by atoms with Crippen LogP contribution in [0.4, 0.5) is 0 Å². The van der Waals surface area contributed by atoms with Gasteiger partial charge in [0.2, 0.25) is 0 Å². The van der Waals surface area contributed by atoms with Gasteiger partial charge in [-0.15, -0.1) is 0 Å². The van der Waals surface area contributed by atoms with Gasteiger partial charge in [0.25, 0.3) is 0 Å². The van der Waals surface area contributed by atoms with Crippen LogP contribution in [0.25, 0.3) is 10.9 Å². The van der Waals surface area contributed by atoms with Gasteiger partial charge in [-0.3, -0.25) is 14.5 Å². The highest BCUT2D eigenvalue weighted by Gasteiger charge is 2.81. The van der Waals surface area contributed by atoms with Crippen LogP contribution in [-0.2, 0) is 25.4 Å². The Kier molecular flexibility index (Phi) is 3.33. The lowest BCUT2D eigenvalue weighted by molar-refractivity contribution is -0.208. The number of Topliss-reactive ketones (excluding diaryl/α,β-unsaturated/α-hetero) is 1. The number of carbonyl (C=O) groups is 2. The average molecular weight is 396 g/mol. The number of ether oxygens (including phenoxy) is 3. The van der Waals surface area contributed by atoms with Crippen LogP contribution >= 0.6 is 0 Å². The Bertz CT molecular complexity index is 1060. The number of likely N-dealkylation sites (tertiary alicyclic amines) is 1. The monoisotopic (exact) mass is 396 g/mol. The van der Waals surface area contributed by atoms with Gasteiger partial charge < -0.3 is 19.2 Å². The molecule has 1 aromatic heterocycles. The Hall–Kier alpha value is -2.22. The summed E-state index contributed by atoms with van der Waals surface area (Å²) in [4.78, 5) is 32.3. The topological polar surface area (TPSA) is 84.2 Å². The average Bonchev–Trinajstić information content (AvgIpc) is 3.37. The fourth-order valence-corrected chi connectivity index (χ4v) is 6.47. The minimum atomic E-state index is -0.936. The third kappa shape index (κ3) is 1.89. The highest BCUT2D eigenvalue weighted by atomic mass is 16.7. The molecule has 1 aliphatic carbocycles. The van der Waals surface area contributed by atoms with Crippen molar-refractivity contribution in [2.24, 2.45) is 11.3 Å². The number of para-hydroxylation sites is 1. The van der Waals surface area contributed by atoms with E-state index in [2.05, 4.69) is 9.88 Å². The molecule has 29 heavy (non-hydrogen) atoms. The number of ketones is 1. The number of aromatic nitrogens is 1. The molecular formula is C22H24N2O5. The van der Waals surface area contributed by atoms with Crippen molar-refractivity contribution >= 4 is 22.7 Å². The Morgan fingerprint density at radius 2 is 2.10 bits per heavy atom. The number of aromatic amines is 1. The molecule has 4 bridgehead atoms. The third-order valence-corrected chi connectivity index (χ3v) is 7.92. The first-order chi connectivity index (χ1) is 13.9. The number of rotatable bonds is 1. The number of likely N-dealkylation sites (N-methyl/N-ethyl adjacent to an activating group) is 1. The van der Waals surface area contributed by atoms with Crippen LogP contribution < -0.4 is 0 Å². The number of hydrogen-bond acceptors (Lipinski definition) is 6. The van der Waals surface area contributed by atoms with Gasteiger partial charge in [-0.25, -0.2) is 0 Å². The van der Waals surface area contributed by atoms with E-state index in [1.165, 1.54) is 7.11 Å². The van der Waals surface area contributed by atoms with Crippen LogP contribution in [0.2, 0.25) is 0 Å². The molecule has 2 aromatic rings. The molecule has 3 fully saturated rings. The van der Waals surface area contributed by atoms with Gasteiger partial charge in [-0.2, -0.15) is 0 Å². The highest BCUT2D eigenvalue weighted by Crippen LogP contribution is 2.65. The van der Waals surface area contributed by atoms with E-state index in [0.717, 1.165) is 16.5 Å². The molecule has 1 spiro atoms. The maximum absolute atomic E-state index is 13.5. The highest BCUT2D eigenvalue weighted by molar-refractivity contribution is 6.03. The number of nitrogens with zero attached hydrogens (tertiary/aromatic N) is 1. The van der Waals surface area contributed by atoms with Crippen molar-refractivity contribution in [3.8, 4) is 0 Å². The third-order valence-electron chi connectivity index (χ3n) is 7.92. The zero-order valence-corrected chi connectivity index (χ0v) is 16.7. The van der Waals surface area contributed by atoms with Crippen molar-refractivity contribution in [2.45, 2.75) is 43.7 Å². The first kappa shape index (κ1) is 17.6. The van der Waals surface area contributed by atoms with Crippen molar-refractivity contribution < 1.29 is 23.8 Å². The van der Waals surface area contributed by atoms with Gasteiger partial charge in [-0.05, 0) is 32.0 Å². The van der Waals surface area contributed by atoms with E-state index in [9.17, 15) is 9.59 Å². The summed E-state index contributed by atoms with van der Waals surface area (Å²) in [5.74, 6) is -0.555. The molecule has 0 amide bonds. The molecule has 7 heteroatoms. The summed E-state index contributed by atoms with van der Waals surface area (Å²) in [7, 11) is 3.43. The molecule has 1 aromatic carbocycles. The molecule has 6 atom stereocenters. The Balaban J connectivity index is 1.61. The summed E-state index contributed by atoms with van der Waals surface area (Å²) in [5, 5.41) is 1.03. The molecule has 6 unspecified atom stereocenters. The fraction of sp³-hybridized carbons (Fsp3) is 0.545. The van der Waals surface area contributed by atoms with E-state index in [1.807, 2.05) is 38.2 Å². The normalized spacial score (nSPS) is 40.6. The summed E-state index contributed by atoms with van der Waals surface area (Å²) in [6.07, 6.45) is 0.461. The molecule has 7 nitrogen and oxygen atoms in total. The van der Waals surface area contributed by atoms with E-state index in [-0.39, 0.29) is 49.1 Å². The second kappa shape index (κ2) is 5.47. The predicted octanol–water partition coefficient (Wildman–Crippen LogP) is 1.90. The smallest absolute Gasteiger partial charge is 0.316 e. The number of esters is 1. The van der Waals surface area contributed by atoms with Crippen molar-refractivity contribution in [2.75, 3.05) is 20.8 Å². The van der Waals surface area contributed by atoms with Gasteiger partial charge in [-0.1, -0.05) is 18.2 Å². The van der Waals surface area contributed by atoms with E-state index in [0.29, 0.717) is 12.1 Å². The van der Waals surface area contributed by atoms with Crippen LogP contribution in [0.5, 0.6) is 0 Å². The van der Waals surface area contributed by atoms with Crippen LogP contribution in [0.3, 0.4) is 0 Å². The van der Waals surface area contributed by atoms with E-state index in [1.54, 1.807) is 0 Å². The van der Waals surface area contributed by atoms with Gasteiger partial charge in [0, 0.05) is 29.3 Å². The molecular weight excluding hydrogens is 372 g/mol. The molecule has 6 rings (SSSR count). The maximum atomic E-state index is 13.5. The molecule has 1 N–H and O–H groups in total. The summed E-state index contributed by atoms with van der Waals surface area (Å²) in [6, 6.07) is 7.77. The lowest BCUT2D eigenvalue weighted by Gasteiger charge is -2.56. The minimum Gasteiger partial charge on any atom is -0.468 e. The zero-order chi connectivity index (χ0) is 20.1. The van der Waals surface area contributed by atoms with Crippen LogP contribution in [0.15, 0.2) is 24.3 Å². The Morgan fingerprint density at radius 1 is 1.31 bits per heavy atom. The van der Waals surface area contributed by atoms with Gasteiger partial charge in [0.15, 0.2) is 5.78 Å². The first-order valence-corrected chi connectivity index (χ1v) is 10.2. The number of piperidine rings is 1. The molecule has 152 valence electrons. The minimum absolute atomic E-state index is 0.0280. The number of carbonyl (C=O) groups excluding carboxylic acids is 2. The van der Waals surface area contributed by atoms with Gasteiger partial charge >= 0.3 is 5.97 Å². The molecule has 3 aliphatic heterocycles. The van der Waals surface area contributed by atoms with Crippen molar-refractivity contribution in [3.05, 3.63) is 35.5 Å². The number of epoxide rings is 1. The molecule has 3 saturated heterocycles. The number of fused-ring (bicyclic) bond motifs is 3. The largest absolute Gasteiger partial charge is 0.468 e.